The summed E-state index contributed by atoms with van der Waals surface area (Å²) in [5, 5.41) is 12.6. The van der Waals surface area contributed by atoms with Crippen molar-refractivity contribution in [2.75, 3.05) is 0 Å². The highest BCUT2D eigenvalue weighted by molar-refractivity contribution is 5.93. The van der Waals surface area contributed by atoms with Crippen molar-refractivity contribution in [1.82, 2.24) is 20.2 Å². The number of hydrogen-bond acceptors (Lipinski definition) is 4. The quantitative estimate of drug-likeness (QED) is 0.569. The van der Waals surface area contributed by atoms with E-state index in [1.165, 1.54) is 29.2 Å². The van der Waals surface area contributed by atoms with E-state index in [1.807, 2.05) is 0 Å². The first kappa shape index (κ1) is 15.8. The molecule has 0 aliphatic heterocycles. The Morgan fingerprint density at radius 3 is 2.42 bits per heavy atom. The molecule has 1 amide bonds. The van der Waals surface area contributed by atoms with Gasteiger partial charge in [-0.2, -0.15) is 5.10 Å². The third-order valence-electron chi connectivity index (χ3n) is 3.39. The standard InChI is InChI=1S/C16H12F2N4O2/c17-12-2-1-3-13(18)14(12)15-19-9-22(20-15)8-10-4-6-11(7-5-10)16(23)21-24/h1-7,9,24H,8H2,(H,21,23). The Morgan fingerprint density at radius 1 is 1.12 bits per heavy atom. The van der Waals surface area contributed by atoms with Gasteiger partial charge in [-0.25, -0.2) is 23.9 Å². The molecule has 1 aromatic heterocycles. The van der Waals surface area contributed by atoms with Crippen LogP contribution >= 0.6 is 0 Å². The first-order chi connectivity index (χ1) is 11.6. The van der Waals surface area contributed by atoms with Crippen LogP contribution in [0.1, 0.15) is 15.9 Å². The minimum Gasteiger partial charge on any atom is -0.288 e. The molecule has 0 saturated carbocycles. The molecule has 0 fully saturated rings. The molecule has 24 heavy (non-hydrogen) atoms. The zero-order chi connectivity index (χ0) is 17.1. The summed E-state index contributed by atoms with van der Waals surface area (Å²) >= 11 is 0. The van der Waals surface area contributed by atoms with E-state index in [2.05, 4.69) is 10.1 Å². The van der Waals surface area contributed by atoms with E-state index in [0.717, 1.165) is 17.7 Å². The van der Waals surface area contributed by atoms with Gasteiger partial charge in [0.1, 0.15) is 18.0 Å². The molecule has 6 nitrogen and oxygen atoms in total. The van der Waals surface area contributed by atoms with Gasteiger partial charge in [-0.15, -0.1) is 0 Å². The van der Waals surface area contributed by atoms with E-state index in [0.29, 0.717) is 12.1 Å². The van der Waals surface area contributed by atoms with Crippen molar-refractivity contribution in [2.24, 2.45) is 0 Å². The molecule has 0 saturated heterocycles. The van der Waals surface area contributed by atoms with Gasteiger partial charge in [-0.3, -0.25) is 10.0 Å². The average molecular weight is 330 g/mol. The Labute approximate surface area is 135 Å². The van der Waals surface area contributed by atoms with Gasteiger partial charge in [0.25, 0.3) is 5.91 Å². The lowest BCUT2D eigenvalue weighted by molar-refractivity contribution is 0.0706. The van der Waals surface area contributed by atoms with Gasteiger partial charge in [0.05, 0.1) is 12.1 Å². The van der Waals surface area contributed by atoms with Crippen molar-refractivity contribution in [3.63, 3.8) is 0 Å². The van der Waals surface area contributed by atoms with Crippen LogP contribution in [0, 0.1) is 11.6 Å². The maximum absolute atomic E-state index is 13.7. The molecule has 0 atom stereocenters. The van der Waals surface area contributed by atoms with Gasteiger partial charge in [-0.1, -0.05) is 18.2 Å². The van der Waals surface area contributed by atoms with E-state index in [1.54, 1.807) is 17.6 Å². The Balaban J connectivity index is 1.80. The Hall–Kier alpha value is -3.13. The monoisotopic (exact) mass is 330 g/mol. The smallest absolute Gasteiger partial charge is 0.274 e. The van der Waals surface area contributed by atoms with Crippen LogP contribution in [0.15, 0.2) is 48.8 Å². The van der Waals surface area contributed by atoms with Crippen LogP contribution in [0.25, 0.3) is 11.4 Å². The molecule has 0 aliphatic rings. The zero-order valence-electron chi connectivity index (χ0n) is 12.3. The fourth-order valence-corrected chi connectivity index (χ4v) is 2.21. The van der Waals surface area contributed by atoms with Crippen molar-refractivity contribution in [3.8, 4) is 11.4 Å². The third-order valence-corrected chi connectivity index (χ3v) is 3.39. The highest BCUT2D eigenvalue weighted by atomic mass is 19.1. The van der Waals surface area contributed by atoms with Crippen molar-refractivity contribution in [1.29, 1.82) is 0 Å². The molecule has 2 aromatic carbocycles. The van der Waals surface area contributed by atoms with E-state index < -0.39 is 17.5 Å². The Kier molecular flexibility index (Phi) is 4.30. The number of hydrogen-bond donors (Lipinski definition) is 2. The van der Waals surface area contributed by atoms with E-state index in [-0.39, 0.29) is 11.4 Å². The maximum Gasteiger partial charge on any atom is 0.274 e. The second-order valence-electron chi connectivity index (χ2n) is 5.00. The molecule has 8 heteroatoms. The Bertz CT molecular complexity index is 858. The van der Waals surface area contributed by atoms with E-state index >= 15 is 0 Å². The lowest BCUT2D eigenvalue weighted by Gasteiger charge is -2.03. The molecular formula is C16H12F2N4O2. The molecule has 0 unspecified atom stereocenters. The normalized spacial score (nSPS) is 10.6. The van der Waals surface area contributed by atoms with E-state index in [4.69, 9.17) is 5.21 Å². The fraction of sp³-hybridized carbons (Fsp3) is 0.0625. The predicted octanol–water partition coefficient (Wildman–Crippen LogP) is 2.39. The first-order valence-corrected chi connectivity index (χ1v) is 6.95. The number of hydroxylamine groups is 1. The highest BCUT2D eigenvalue weighted by Crippen LogP contribution is 2.22. The SMILES string of the molecule is O=C(NO)c1ccc(Cn2cnc(-c3c(F)cccc3F)n2)cc1. The lowest BCUT2D eigenvalue weighted by Crippen LogP contribution is -2.18. The van der Waals surface area contributed by atoms with Crippen LogP contribution in [-0.4, -0.2) is 25.9 Å². The van der Waals surface area contributed by atoms with E-state index in [9.17, 15) is 13.6 Å². The van der Waals surface area contributed by atoms with Gasteiger partial charge in [0.2, 0.25) is 0 Å². The highest BCUT2D eigenvalue weighted by Gasteiger charge is 2.15. The summed E-state index contributed by atoms with van der Waals surface area (Å²) in [5.41, 5.74) is 2.37. The minimum atomic E-state index is -0.730. The van der Waals surface area contributed by atoms with Gasteiger partial charge in [0.15, 0.2) is 5.82 Å². The van der Waals surface area contributed by atoms with Gasteiger partial charge in [0, 0.05) is 5.56 Å². The third kappa shape index (κ3) is 3.13. The average Bonchev–Trinajstić information content (AvgIpc) is 3.03. The number of benzene rings is 2. The molecule has 1 heterocycles. The summed E-state index contributed by atoms with van der Waals surface area (Å²) in [7, 11) is 0. The molecule has 0 bridgehead atoms. The summed E-state index contributed by atoms with van der Waals surface area (Å²) in [6.07, 6.45) is 1.37. The number of carbonyl (C=O) groups excluding carboxylic acids is 1. The molecule has 0 radical (unpaired) electrons. The summed E-state index contributed by atoms with van der Waals surface area (Å²) in [4.78, 5) is 15.2. The van der Waals surface area contributed by atoms with Crippen molar-refractivity contribution in [3.05, 3.63) is 71.6 Å². The van der Waals surface area contributed by atoms with Crippen LogP contribution < -0.4 is 5.48 Å². The van der Waals surface area contributed by atoms with Gasteiger partial charge in [-0.05, 0) is 29.8 Å². The van der Waals surface area contributed by atoms with Crippen molar-refractivity contribution in [2.45, 2.75) is 6.54 Å². The second-order valence-corrected chi connectivity index (χ2v) is 5.00. The Morgan fingerprint density at radius 2 is 1.79 bits per heavy atom. The van der Waals surface area contributed by atoms with Crippen molar-refractivity contribution < 1.29 is 18.8 Å². The first-order valence-electron chi connectivity index (χ1n) is 6.95. The molecule has 0 aliphatic carbocycles. The number of halogens is 2. The summed E-state index contributed by atoms with van der Waals surface area (Å²) in [6.45, 7) is 0.310. The summed E-state index contributed by atoms with van der Waals surface area (Å²) in [5.74, 6) is -2.11. The summed E-state index contributed by atoms with van der Waals surface area (Å²) < 4.78 is 28.9. The van der Waals surface area contributed by atoms with Crippen molar-refractivity contribution >= 4 is 5.91 Å². The number of rotatable bonds is 4. The molecule has 0 spiro atoms. The van der Waals surface area contributed by atoms with Crippen LogP contribution in [0.2, 0.25) is 0 Å². The van der Waals surface area contributed by atoms with Crippen LogP contribution in [0.3, 0.4) is 0 Å². The fourth-order valence-electron chi connectivity index (χ4n) is 2.21. The number of aromatic nitrogens is 3. The predicted molar refractivity (Wildman–Crippen MR) is 80.2 cm³/mol. The molecule has 3 rings (SSSR count). The van der Waals surface area contributed by atoms with Gasteiger partial charge < -0.3 is 0 Å². The molecule has 3 aromatic rings. The van der Waals surface area contributed by atoms with Crippen LogP contribution in [-0.2, 0) is 6.54 Å². The number of nitrogens with zero attached hydrogens (tertiary/aromatic N) is 3. The number of nitrogens with one attached hydrogen (secondary N) is 1. The topological polar surface area (TPSA) is 80.0 Å². The molecule has 122 valence electrons. The molecule has 2 N–H and O–H groups in total. The van der Waals surface area contributed by atoms with Gasteiger partial charge >= 0.3 is 0 Å². The second kappa shape index (κ2) is 6.55. The lowest BCUT2D eigenvalue weighted by atomic mass is 10.1. The summed E-state index contributed by atoms with van der Waals surface area (Å²) in [6, 6.07) is 9.99. The number of amides is 1. The minimum absolute atomic E-state index is 0.0399. The zero-order valence-corrected chi connectivity index (χ0v) is 12.3. The number of carbonyl (C=O) groups is 1. The largest absolute Gasteiger partial charge is 0.288 e. The maximum atomic E-state index is 13.7. The van der Waals surface area contributed by atoms with Crippen LogP contribution in [0.4, 0.5) is 8.78 Å². The molecular weight excluding hydrogens is 318 g/mol. The van der Waals surface area contributed by atoms with Crippen LogP contribution in [0.5, 0.6) is 0 Å².